The van der Waals surface area contributed by atoms with Gasteiger partial charge in [-0.2, -0.15) is 0 Å². The Morgan fingerprint density at radius 1 is 1.29 bits per heavy atom. The first-order valence-electron chi connectivity index (χ1n) is 8.29. The molecule has 1 saturated carbocycles. The summed E-state index contributed by atoms with van der Waals surface area (Å²) in [5.74, 6) is 2.80. The van der Waals surface area contributed by atoms with Crippen molar-refractivity contribution in [3.63, 3.8) is 0 Å². The van der Waals surface area contributed by atoms with Crippen LogP contribution in [0.4, 0.5) is 0 Å². The number of nitrogens with one attached hydrogen (secondary N) is 1. The second-order valence-electron chi connectivity index (χ2n) is 6.82. The summed E-state index contributed by atoms with van der Waals surface area (Å²) in [5, 5.41) is 0. The highest BCUT2D eigenvalue weighted by molar-refractivity contribution is 14.1. The molecule has 4 heteroatoms. The monoisotopic (exact) mass is 402 g/mol. The Hall–Kier alpha value is -0.390. The molecule has 0 unspecified atom stereocenters. The van der Waals surface area contributed by atoms with E-state index >= 15 is 0 Å². The van der Waals surface area contributed by atoms with Gasteiger partial charge < -0.3 is 4.98 Å². The summed E-state index contributed by atoms with van der Waals surface area (Å²) in [4.78, 5) is 20.0. The van der Waals surface area contributed by atoms with E-state index in [9.17, 15) is 4.79 Å². The second-order valence-corrected chi connectivity index (χ2v) is 7.89. The maximum Gasteiger partial charge on any atom is 0.264 e. The van der Waals surface area contributed by atoms with Gasteiger partial charge in [0, 0.05) is 5.92 Å². The number of hydrogen-bond donors (Lipinski definition) is 1. The lowest BCUT2D eigenvalue weighted by molar-refractivity contribution is 0.301. The van der Waals surface area contributed by atoms with Crippen molar-refractivity contribution in [1.29, 1.82) is 0 Å². The van der Waals surface area contributed by atoms with E-state index in [0.717, 1.165) is 27.4 Å². The maximum atomic E-state index is 12.1. The standard InChI is InChI=1S/C17H27IN2O/c1-4-5-12-6-8-13(9-7-12)16-19-14(10-11(2)3)15(18)17(21)20-16/h11-13H,4-10H2,1-3H3,(H,19,20,21). The van der Waals surface area contributed by atoms with Crippen LogP contribution in [0.15, 0.2) is 4.79 Å². The second kappa shape index (κ2) is 7.75. The minimum absolute atomic E-state index is 0.0481. The number of rotatable bonds is 5. The van der Waals surface area contributed by atoms with Gasteiger partial charge in [0.15, 0.2) is 0 Å². The van der Waals surface area contributed by atoms with Gasteiger partial charge in [0.1, 0.15) is 5.82 Å². The Kier molecular flexibility index (Phi) is 6.26. The van der Waals surface area contributed by atoms with Gasteiger partial charge in [-0.05, 0) is 66.5 Å². The first kappa shape index (κ1) is 17.0. The van der Waals surface area contributed by atoms with Crippen LogP contribution in [0.25, 0.3) is 0 Å². The molecule has 0 atom stereocenters. The number of nitrogens with zero attached hydrogens (tertiary/aromatic N) is 1. The molecule has 1 aliphatic rings. The molecule has 0 spiro atoms. The average molecular weight is 402 g/mol. The van der Waals surface area contributed by atoms with Crippen LogP contribution in [0.3, 0.4) is 0 Å². The van der Waals surface area contributed by atoms with Crippen LogP contribution >= 0.6 is 22.6 Å². The van der Waals surface area contributed by atoms with Gasteiger partial charge in [-0.25, -0.2) is 4.98 Å². The van der Waals surface area contributed by atoms with Crippen molar-refractivity contribution in [3.05, 3.63) is 25.4 Å². The average Bonchev–Trinajstić information content (AvgIpc) is 2.44. The number of hydrogen-bond acceptors (Lipinski definition) is 2. The number of aromatic nitrogens is 2. The molecule has 1 fully saturated rings. The van der Waals surface area contributed by atoms with Crippen LogP contribution in [-0.4, -0.2) is 9.97 Å². The minimum Gasteiger partial charge on any atom is -0.309 e. The van der Waals surface area contributed by atoms with Crippen LogP contribution in [0, 0.1) is 15.4 Å². The van der Waals surface area contributed by atoms with Crippen LogP contribution in [-0.2, 0) is 6.42 Å². The Labute approximate surface area is 141 Å². The molecular weight excluding hydrogens is 375 g/mol. The summed E-state index contributed by atoms with van der Waals surface area (Å²) >= 11 is 2.13. The van der Waals surface area contributed by atoms with Gasteiger partial charge in [0.05, 0.1) is 9.26 Å². The fourth-order valence-electron chi connectivity index (χ4n) is 3.37. The van der Waals surface area contributed by atoms with Crippen molar-refractivity contribution < 1.29 is 0 Å². The topological polar surface area (TPSA) is 45.8 Å². The highest BCUT2D eigenvalue weighted by Crippen LogP contribution is 2.36. The lowest BCUT2D eigenvalue weighted by atomic mass is 9.80. The van der Waals surface area contributed by atoms with Crippen molar-refractivity contribution in [2.75, 3.05) is 0 Å². The van der Waals surface area contributed by atoms with Crippen LogP contribution in [0.2, 0.25) is 0 Å². The van der Waals surface area contributed by atoms with Crippen LogP contribution < -0.4 is 5.56 Å². The quantitative estimate of drug-likeness (QED) is 0.729. The summed E-state index contributed by atoms with van der Waals surface area (Å²) in [7, 11) is 0. The highest BCUT2D eigenvalue weighted by Gasteiger charge is 2.24. The molecule has 3 nitrogen and oxygen atoms in total. The Morgan fingerprint density at radius 2 is 1.95 bits per heavy atom. The zero-order valence-corrected chi connectivity index (χ0v) is 15.6. The van der Waals surface area contributed by atoms with E-state index in [1.165, 1.54) is 38.5 Å². The summed E-state index contributed by atoms with van der Waals surface area (Å²) in [6.45, 7) is 6.62. The molecule has 0 amide bonds. The SMILES string of the molecule is CCCC1CCC(c2nc(CC(C)C)c(I)c(=O)[nH]2)CC1. The number of H-pyrrole nitrogens is 1. The van der Waals surface area contributed by atoms with Crippen molar-refractivity contribution in [2.45, 2.75) is 71.6 Å². The van der Waals surface area contributed by atoms with E-state index in [1.54, 1.807) is 0 Å². The first-order valence-corrected chi connectivity index (χ1v) is 9.37. The molecule has 1 aromatic rings. The molecule has 1 heterocycles. The van der Waals surface area contributed by atoms with E-state index in [1.807, 2.05) is 0 Å². The molecule has 1 aromatic heterocycles. The van der Waals surface area contributed by atoms with Crippen LogP contribution in [0.1, 0.15) is 76.7 Å². The zero-order valence-electron chi connectivity index (χ0n) is 13.4. The molecule has 0 saturated heterocycles. The van der Waals surface area contributed by atoms with Gasteiger partial charge in [0.2, 0.25) is 0 Å². The first-order chi connectivity index (χ1) is 10.0. The molecular formula is C17H27IN2O. The van der Waals surface area contributed by atoms with E-state index in [0.29, 0.717) is 11.8 Å². The Morgan fingerprint density at radius 3 is 2.52 bits per heavy atom. The predicted molar refractivity (Wildman–Crippen MR) is 95.7 cm³/mol. The van der Waals surface area contributed by atoms with E-state index < -0.39 is 0 Å². The van der Waals surface area contributed by atoms with Gasteiger partial charge in [-0.1, -0.05) is 33.6 Å². The fourth-order valence-corrected chi connectivity index (χ4v) is 3.85. The molecule has 1 N–H and O–H groups in total. The molecule has 0 aliphatic heterocycles. The van der Waals surface area contributed by atoms with Crippen LogP contribution in [0.5, 0.6) is 0 Å². The number of halogens is 1. The summed E-state index contributed by atoms with van der Waals surface area (Å²) in [5.41, 5.74) is 1.03. The number of aromatic amines is 1. The smallest absolute Gasteiger partial charge is 0.264 e. The zero-order chi connectivity index (χ0) is 15.4. The predicted octanol–water partition coefficient (Wildman–Crippen LogP) is 4.65. The molecule has 1 aliphatic carbocycles. The fraction of sp³-hybridized carbons (Fsp3) is 0.765. The lowest BCUT2D eigenvalue weighted by Gasteiger charge is -2.28. The maximum absolute atomic E-state index is 12.1. The largest absolute Gasteiger partial charge is 0.309 e. The van der Waals surface area contributed by atoms with E-state index in [2.05, 4.69) is 48.3 Å². The van der Waals surface area contributed by atoms with Crippen molar-refractivity contribution in [3.8, 4) is 0 Å². The molecule has 0 bridgehead atoms. The molecule has 0 radical (unpaired) electrons. The van der Waals surface area contributed by atoms with E-state index in [4.69, 9.17) is 4.98 Å². The van der Waals surface area contributed by atoms with Crippen molar-refractivity contribution >= 4 is 22.6 Å². The molecule has 118 valence electrons. The van der Waals surface area contributed by atoms with Gasteiger partial charge in [-0.15, -0.1) is 0 Å². The molecule has 21 heavy (non-hydrogen) atoms. The summed E-state index contributed by atoms with van der Waals surface area (Å²) in [6, 6.07) is 0. The minimum atomic E-state index is 0.0481. The van der Waals surface area contributed by atoms with Crippen molar-refractivity contribution in [2.24, 2.45) is 11.8 Å². The van der Waals surface area contributed by atoms with Gasteiger partial charge in [0.25, 0.3) is 5.56 Å². The summed E-state index contributed by atoms with van der Waals surface area (Å²) in [6.07, 6.45) is 8.45. The molecule has 2 rings (SSSR count). The Bertz CT molecular complexity index is 516. The van der Waals surface area contributed by atoms with Crippen molar-refractivity contribution in [1.82, 2.24) is 9.97 Å². The Balaban J connectivity index is 2.14. The third kappa shape index (κ3) is 4.54. The normalized spacial score (nSPS) is 22.7. The molecule has 0 aromatic carbocycles. The third-order valence-electron chi connectivity index (χ3n) is 4.48. The third-order valence-corrected chi connectivity index (χ3v) is 5.59. The highest BCUT2D eigenvalue weighted by atomic mass is 127. The summed E-state index contributed by atoms with van der Waals surface area (Å²) < 4.78 is 0.768. The van der Waals surface area contributed by atoms with Gasteiger partial charge in [-0.3, -0.25) is 4.79 Å². The lowest BCUT2D eigenvalue weighted by Crippen LogP contribution is -2.23. The van der Waals surface area contributed by atoms with Gasteiger partial charge >= 0.3 is 0 Å². The van der Waals surface area contributed by atoms with E-state index in [-0.39, 0.29) is 5.56 Å².